The Balaban J connectivity index is 1.28. The number of aliphatic hydroxyl groups is 2. The average molecular weight is 566 g/mol. The van der Waals surface area contributed by atoms with E-state index < -0.39 is 12.2 Å². The summed E-state index contributed by atoms with van der Waals surface area (Å²) < 4.78 is 12.0. The van der Waals surface area contributed by atoms with Gasteiger partial charge in [0, 0.05) is 12.8 Å². The number of nitrogens with zero attached hydrogens (tertiary/aromatic N) is 1. The topological polar surface area (TPSA) is 92.8 Å². The van der Waals surface area contributed by atoms with Gasteiger partial charge in [0.25, 0.3) is 0 Å². The Hall–Kier alpha value is -2.18. The lowest BCUT2D eigenvalue weighted by molar-refractivity contribution is -0.152. The summed E-state index contributed by atoms with van der Waals surface area (Å²) in [5.74, 6) is 2.35. The molecular weight excluding hydrogens is 514 g/mol. The third-order valence-electron chi connectivity index (χ3n) is 11.1. The molecule has 5 rings (SSSR count). The predicted octanol–water partition coefficient (Wildman–Crippen LogP) is 7.28. The quantitative estimate of drug-likeness (QED) is 0.290. The number of esters is 1. The first-order valence-corrected chi connectivity index (χ1v) is 16.1. The summed E-state index contributed by atoms with van der Waals surface area (Å²) in [5.41, 5.74) is 4.13. The predicted molar refractivity (Wildman–Crippen MR) is 160 cm³/mol. The summed E-state index contributed by atoms with van der Waals surface area (Å²) >= 11 is 0. The number of oxazole rings is 1. The number of allylic oxidation sites excluding steroid dienone is 3. The van der Waals surface area contributed by atoms with Crippen molar-refractivity contribution in [2.24, 2.45) is 23.2 Å². The highest BCUT2D eigenvalue weighted by molar-refractivity contribution is 5.69. The van der Waals surface area contributed by atoms with Crippen LogP contribution >= 0.6 is 0 Å². The molecule has 0 unspecified atom stereocenters. The van der Waals surface area contributed by atoms with E-state index in [0.29, 0.717) is 37.0 Å². The monoisotopic (exact) mass is 565 g/mol. The standard InChI is InChI=1S/C35H51NO5/c1-6-8-32(39)41-31(35(17-18-35)33-36-23(3)21-40-33)15-10-22(2)28-13-14-29-25(9-7-16-34(28,29)5)11-12-26-19-27(37)20-30(38)24(26)4/h11-12,21-22,27-31,37-38H,4,6-10,13-20H2,1-3,5H3/b25-11+,26-12-/t22-,27-,28-,29+,30+,31-,34-/m1/s1. The van der Waals surface area contributed by atoms with Crippen LogP contribution in [0.2, 0.25) is 0 Å². The summed E-state index contributed by atoms with van der Waals surface area (Å²) in [6.07, 6.45) is 16.8. The number of ether oxygens (including phenoxy) is 1. The average Bonchev–Trinajstić information content (AvgIpc) is 3.48. The van der Waals surface area contributed by atoms with Crippen LogP contribution in [0.5, 0.6) is 0 Å². The summed E-state index contributed by atoms with van der Waals surface area (Å²) in [4.78, 5) is 17.3. The first-order chi connectivity index (χ1) is 19.6. The highest BCUT2D eigenvalue weighted by atomic mass is 16.5. The molecule has 2 N–H and O–H groups in total. The highest BCUT2D eigenvalue weighted by Crippen LogP contribution is 2.60. The number of hydrogen-bond donors (Lipinski definition) is 2. The van der Waals surface area contributed by atoms with E-state index in [1.807, 2.05) is 13.8 Å². The summed E-state index contributed by atoms with van der Waals surface area (Å²) in [7, 11) is 0. The molecule has 4 aliphatic rings. The van der Waals surface area contributed by atoms with E-state index in [4.69, 9.17) is 9.15 Å². The van der Waals surface area contributed by atoms with Crippen LogP contribution in [0.25, 0.3) is 0 Å². The largest absolute Gasteiger partial charge is 0.461 e. The molecule has 0 bridgehead atoms. The Morgan fingerprint density at radius 3 is 2.71 bits per heavy atom. The Morgan fingerprint density at radius 2 is 2.02 bits per heavy atom. The van der Waals surface area contributed by atoms with Crippen molar-refractivity contribution in [3.05, 3.63) is 53.3 Å². The lowest BCUT2D eigenvalue weighted by Crippen LogP contribution is -2.37. The number of aromatic nitrogens is 1. The molecule has 0 amide bonds. The maximum absolute atomic E-state index is 12.7. The fourth-order valence-corrected chi connectivity index (χ4v) is 8.56. The van der Waals surface area contributed by atoms with Gasteiger partial charge in [-0.1, -0.05) is 45.1 Å². The van der Waals surface area contributed by atoms with Gasteiger partial charge in [-0.25, -0.2) is 4.98 Å². The summed E-state index contributed by atoms with van der Waals surface area (Å²) in [6, 6.07) is 0. The van der Waals surface area contributed by atoms with Crippen LogP contribution in [0.3, 0.4) is 0 Å². The van der Waals surface area contributed by atoms with E-state index in [2.05, 4.69) is 37.6 Å². The molecule has 7 atom stereocenters. The molecule has 4 aliphatic carbocycles. The van der Waals surface area contributed by atoms with E-state index >= 15 is 0 Å². The number of fused-ring (bicyclic) bond motifs is 1. The second-order valence-corrected chi connectivity index (χ2v) is 13.9. The van der Waals surface area contributed by atoms with Crippen LogP contribution in [0, 0.1) is 30.1 Å². The Kier molecular flexibility index (Phi) is 9.01. The lowest BCUT2D eigenvalue weighted by Gasteiger charge is -2.44. The maximum Gasteiger partial charge on any atom is 0.306 e. The Bertz CT molecular complexity index is 1170. The van der Waals surface area contributed by atoms with Crippen molar-refractivity contribution in [2.75, 3.05) is 0 Å². The van der Waals surface area contributed by atoms with Crippen molar-refractivity contribution in [3.63, 3.8) is 0 Å². The third kappa shape index (κ3) is 6.15. The van der Waals surface area contributed by atoms with Gasteiger partial charge in [-0.2, -0.15) is 0 Å². The Morgan fingerprint density at radius 1 is 1.24 bits per heavy atom. The van der Waals surface area contributed by atoms with Gasteiger partial charge in [0.05, 0.1) is 23.3 Å². The number of carbonyl (C=O) groups excluding carboxylic acids is 1. The lowest BCUT2D eigenvalue weighted by atomic mass is 9.60. The van der Waals surface area contributed by atoms with Gasteiger partial charge >= 0.3 is 5.97 Å². The van der Waals surface area contributed by atoms with Gasteiger partial charge < -0.3 is 19.4 Å². The van der Waals surface area contributed by atoms with Gasteiger partial charge in [0.1, 0.15) is 12.4 Å². The minimum Gasteiger partial charge on any atom is -0.461 e. The third-order valence-corrected chi connectivity index (χ3v) is 11.1. The molecule has 1 aromatic rings. The maximum atomic E-state index is 12.7. The number of hydrogen-bond acceptors (Lipinski definition) is 6. The van der Waals surface area contributed by atoms with Crippen molar-refractivity contribution in [3.8, 4) is 0 Å². The van der Waals surface area contributed by atoms with Crippen LogP contribution in [0.1, 0.15) is 116 Å². The van der Waals surface area contributed by atoms with Gasteiger partial charge in [-0.15, -0.1) is 0 Å². The molecule has 226 valence electrons. The molecule has 0 radical (unpaired) electrons. The number of aryl methyl sites for hydroxylation is 1. The van der Waals surface area contributed by atoms with Crippen LogP contribution in [0.15, 0.2) is 46.1 Å². The first-order valence-electron chi connectivity index (χ1n) is 16.1. The van der Waals surface area contributed by atoms with Crippen molar-refractivity contribution >= 4 is 5.97 Å². The molecule has 6 nitrogen and oxygen atoms in total. The molecule has 6 heteroatoms. The van der Waals surface area contributed by atoms with Crippen LogP contribution in [0.4, 0.5) is 0 Å². The van der Waals surface area contributed by atoms with Gasteiger partial charge in [0.15, 0.2) is 0 Å². The van der Waals surface area contributed by atoms with Crippen LogP contribution in [-0.2, 0) is 14.9 Å². The van der Waals surface area contributed by atoms with Crippen molar-refractivity contribution in [1.29, 1.82) is 0 Å². The Labute approximate surface area is 246 Å². The normalized spacial score (nSPS) is 34.4. The van der Waals surface area contributed by atoms with Crippen molar-refractivity contribution in [1.82, 2.24) is 4.98 Å². The number of carbonyl (C=O) groups is 1. The summed E-state index contributed by atoms with van der Waals surface area (Å²) in [5, 5.41) is 20.4. The minimum atomic E-state index is -0.649. The molecule has 0 saturated heterocycles. The van der Waals surface area contributed by atoms with Crippen LogP contribution < -0.4 is 0 Å². The zero-order valence-electron chi connectivity index (χ0n) is 25.7. The van der Waals surface area contributed by atoms with E-state index in [0.717, 1.165) is 61.3 Å². The molecule has 0 spiro atoms. The van der Waals surface area contributed by atoms with Crippen molar-refractivity contribution in [2.45, 2.75) is 135 Å². The second kappa shape index (κ2) is 12.2. The van der Waals surface area contributed by atoms with Gasteiger partial charge in [0.2, 0.25) is 5.89 Å². The van der Waals surface area contributed by atoms with Gasteiger partial charge in [-0.05, 0) is 112 Å². The van der Waals surface area contributed by atoms with Gasteiger partial charge in [-0.3, -0.25) is 4.79 Å². The molecular formula is C35H51NO5. The molecule has 0 aromatic carbocycles. The molecule has 0 aliphatic heterocycles. The van der Waals surface area contributed by atoms with E-state index in [1.165, 1.54) is 31.3 Å². The zero-order chi connectivity index (χ0) is 29.4. The van der Waals surface area contributed by atoms with E-state index in [1.54, 1.807) is 6.26 Å². The first kappa shape index (κ1) is 30.3. The van der Waals surface area contributed by atoms with Crippen molar-refractivity contribution < 1.29 is 24.2 Å². The number of aliphatic hydroxyl groups excluding tert-OH is 2. The highest BCUT2D eigenvalue weighted by Gasteiger charge is 2.57. The zero-order valence-corrected chi connectivity index (χ0v) is 25.7. The fourth-order valence-electron chi connectivity index (χ4n) is 8.56. The van der Waals surface area contributed by atoms with E-state index in [9.17, 15) is 15.0 Å². The smallest absolute Gasteiger partial charge is 0.306 e. The van der Waals surface area contributed by atoms with E-state index in [-0.39, 0.29) is 22.9 Å². The SMILES string of the molecule is C=C1/C(=C\C=C2/CCC[C@]3(C)[C@@H]([C@H](C)CC[C@@H](OC(=O)CCC)C4(c5nc(C)co5)CC4)CC[C@@H]23)C[C@@H](O)C[C@@H]1O. The fraction of sp³-hybridized carbons (Fsp3) is 0.714. The molecule has 4 saturated carbocycles. The molecule has 1 aromatic heterocycles. The molecule has 1 heterocycles. The minimum absolute atomic E-state index is 0.107. The molecule has 41 heavy (non-hydrogen) atoms. The molecule has 4 fully saturated rings. The second-order valence-electron chi connectivity index (χ2n) is 13.9. The summed E-state index contributed by atoms with van der Waals surface area (Å²) in [6.45, 7) is 13.0. The number of rotatable bonds is 10. The van der Waals surface area contributed by atoms with Crippen LogP contribution in [-0.4, -0.2) is 39.5 Å².